The van der Waals surface area contributed by atoms with Crippen molar-refractivity contribution < 1.29 is 23.0 Å². The van der Waals surface area contributed by atoms with Crippen molar-refractivity contribution in [3.05, 3.63) is 17.0 Å². The number of carbonyl (C=O) groups excluding carboxylic acids is 1. The second-order valence-electron chi connectivity index (χ2n) is 7.17. The number of halogens is 2. The second kappa shape index (κ2) is 6.32. The van der Waals surface area contributed by atoms with Gasteiger partial charge in [0, 0.05) is 39.2 Å². The molecule has 2 aliphatic rings. The van der Waals surface area contributed by atoms with Crippen molar-refractivity contribution in [1.82, 2.24) is 15.1 Å². The number of fused-ring (bicyclic) bond motifs is 1. The molecule has 0 bridgehead atoms. The maximum Gasteiger partial charge on any atom is 0.272 e. The van der Waals surface area contributed by atoms with Gasteiger partial charge in [0.2, 0.25) is 0 Å². The Morgan fingerprint density at radius 2 is 2.00 bits per heavy atom. The number of rotatable bonds is 3. The Bertz CT molecular complexity index is 663. The van der Waals surface area contributed by atoms with Gasteiger partial charge in [0.25, 0.3) is 11.8 Å². The van der Waals surface area contributed by atoms with Crippen molar-refractivity contribution >= 4 is 5.91 Å². The van der Waals surface area contributed by atoms with E-state index >= 15 is 0 Å². The van der Waals surface area contributed by atoms with Crippen molar-refractivity contribution in [3.63, 3.8) is 0 Å². The van der Waals surface area contributed by atoms with E-state index in [2.05, 4.69) is 10.4 Å². The number of amides is 1. The third-order valence-corrected chi connectivity index (χ3v) is 5.26. The summed E-state index contributed by atoms with van der Waals surface area (Å²) < 4.78 is 41.2. The lowest BCUT2D eigenvalue weighted by molar-refractivity contribution is -0.111. The number of aryl methyl sites for hydroxylation is 1. The molecule has 0 radical (unpaired) electrons. The number of carbonyl (C=O) groups is 1. The van der Waals surface area contributed by atoms with Crippen molar-refractivity contribution in [1.29, 1.82) is 0 Å². The first-order valence-corrected chi connectivity index (χ1v) is 8.64. The van der Waals surface area contributed by atoms with E-state index in [-0.39, 0.29) is 44.0 Å². The predicted octanol–water partition coefficient (Wildman–Crippen LogP) is 2.38. The van der Waals surface area contributed by atoms with Crippen LogP contribution in [0.4, 0.5) is 8.78 Å². The zero-order valence-electron chi connectivity index (χ0n) is 15.1. The Kier molecular flexibility index (Phi) is 4.61. The van der Waals surface area contributed by atoms with Gasteiger partial charge in [0.05, 0.1) is 17.9 Å². The van der Waals surface area contributed by atoms with Crippen LogP contribution in [-0.4, -0.2) is 46.5 Å². The fourth-order valence-electron chi connectivity index (χ4n) is 3.89. The molecule has 1 N–H and O–H groups in total. The normalized spacial score (nSPS) is 26.2. The fraction of sp³-hybridized carbons (Fsp3) is 0.765. The van der Waals surface area contributed by atoms with Gasteiger partial charge in [0.1, 0.15) is 5.54 Å². The second-order valence-corrected chi connectivity index (χ2v) is 7.17. The van der Waals surface area contributed by atoms with Crippen LogP contribution in [0.5, 0.6) is 0 Å². The summed E-state index contributed by atoms with van der Waals surface area (Å²) in [5.74, 6) is -3.60. The van der Waals surface area contributed by atoms with Crippen LogP contribution in [-0.2, 0) is 22.9 Å². The van der Waals surface area contributed by atoms with E-state index < -0.39 is 17.4 Å². The minimum Gasteiger partial charge on any atom is -0.381 e. The summed E-state index contributed by atoms with van der Waals surface area (Å²) in [4.78, 5) is 12.9. The van der Waals surface area contributed by atoms with Crippen LogP contribution in [0.3, 0.4) is 0 Å². The number of aromatic nitrogens is 2. The average molecular weight is 357 g/mol. The standard InChI is InChI=1S/C17H25F2N3O3/c1-10-9-12-13(21-22(4)14(12)11(2)25-10)15(23)20-17(16(3,18)19)5-7-24-8-6-17/h10-11H,5-9H2,1-4H3,(H,20,23)/t10-,11+/m1/s1. The molecule has 0 unspecified atom stereocenters. The number of nitrogens with one attached hydrogen (secondary N) is 1. The highest BCUT2D eigenvalue weighted by molar-refractivity contribution is 5.94. The highest BCUT2D eigenvalue weighted by Crippen LogP contribution is 2.37. The van der Waals surface area contributed by atoms with Crippen LogP contribution < -0.4 is 5.32 Å². The molecule has 0 spiro atoms. The zero-order chi connectivity index (χ0) is 18.4. The van der Waals surface area contributed by atoms with Crippen LogP contribution in [0, 0.1) is 0 Å². The van der Waals surface area contributed by atoms with Crippen molar-refractivity contribution in [2.24, 2.45) is 7.05 Å². The Hall–Kier alpha value is -1.54. The molecule has 140 valence electrons. The molecule has 1 aromatic rings. The molecule has 8 heteroatoms. The monoisotopic (exact) mass is 357 g/mol. The molecular weight excluding hydrogens is 332 g/mol. The highest BCUT2D eigenvalue weighted by atomic mass is 19.3. The van der Waals surface area contributed by atoms with Crippen molar-refractivity contribution in [2.75, 3.05) is 13.2 Å². The lowest BCUT2D eigenvalue weighted by atomic mass is 9.83. The Morgan fingerprint density at radius 1 is 1.36 bits per heavy atom. The van der Waals surface area contributed by atoms with E-state index in [1.165, 1.54) is 0 Å². The van der Waals surface area contributed by atoms with Gasteiger partial charge in [-0.3, -0.25) is 9.48 Å². The van der Waals surface area contributed by atoms with E-state index in [0.717, 1.165) is 18.2 Å². The average Bonchev–Trinajstić information content (AvgIpc) is 2.84. The summed E-state index contributed by atoms with van der Waals surface area (Å²) in [5.41, 5.74) is 0.227. The molecule has 1 fully saturated rings. The fourth-order valence-corrected chi connectivity index (χ4v) is 3.89. The summed E-state index contributed by atoms with van der Waals surface area (Å²) >= 11 is 0. The van der Waals surface area contributed by atoms with Crippen LogP contribution >= 0.6 is 0 Å². The number of alkyl halides is 2. The third kappa shape index (κ3) is 3.17. The summed E-state index contributed by atoms with van der Waals surface area (Å²) in [6.07, 6.45) is 0.445. The van der Waals surface area contributed by atoms with Gasteiger partial charge in [-0.05, 0) is 26.7 Å². The maximum atomic E-state index is 14.3. The summed E-state index contributed by atoms with van der Waals surface area (Å²) in [6, 6.07) is 0. The maximum absolute atomic E-state index is 14.3. The molecular formula is C17H25F2N3O3. The van der Waals surface area contributed by atoms with Gasteiger partial charge in [-0.1, -0.05) is 0 Å². The molecule has 6 nitrogen and oxygen atoms in total. The minimum atomic E-state index is -3.05. The molecule has 1 amide bonds. The van der Waals surface area contributed by atoms with Gasteiger partial charge in [0.15, 0.2) is 5.69 Å². The van der Waals surface area contributed by atoms with E-state index in [1.807, 2.05) is 13.8 Å². The molecule has 0 aliphatic carbocycles. The van der Waals surface area contributed by atoms with Gasteiger partial charge in [-0.25, -0.2) is 8.78 Å². The minimum absolute atomic E-state index is 0.0529. The molecule has 1 saturated heterocycles. The smallest absolute Gasteiger partial charge is 0.272 e. The van der Waals surface area contributed by atoms with Gasteiger partial charge in [-0.15, -0.1) is 0 Å². The summed E-state index contributed by atoms with van der Waals surface area (Å²) in [5, 5.41) is 6.90. The van der Waals surface area contributed by atoms with Crippen LogP contribution in [0.1, 0.15) is 61.5 Å². The van der Waals surface area contributed by atoms with Crippen molar-refractivity contribution in [3.8, 4) is 0 Å². The first kappa shape index (κ1) is 18.3. The Labute approximate surface area is 145 Å². The van der Waals surface area contributed by atoms with Crippen LogP contribution in [0.2, 0.25) is 0 Å². The zero-order valence-corrected chi connectivity index (χ0v) is 15.1. The van der Waals surface area contributed by atoms with E-state index in [9.17, 15) is 13.6 Å². The highest BCUT2D eigenvalue weighted by Gasteiger charge is 2.52. The lowest BCUT2D eigenvalue weighted by Gasteiger charge is -2.42. The Balaban J connectivity index is 1.92. The van der Waals surface area contributed by atoms with Crippen LogP contribution in [0.25, 0.3) is 0 Å². The van der Waals surface area contributed by atoms with Gasteiger partial charge < -0.3 is 14.8 Å². The molecule has 2 atom stereocenters. The first-order valence-electron chi connectivity index (χ1n) is 8.64. The predicted molar refractivity (Wildman–Crippen MR) is 86.7 cm³/mol. The van der Waals surface area contributed by atoms with Crippen LogP contribution in [0.15, 0.2) is 0 Å². The SMILES string of the molecule is C[C@@H]1Cc2c(C(=O)NC3(C(C)(F)F)CCOCC3)nn(C)c2[C@H](C)O1. The largest absolute Gasteiger partial charge is 0.381 e. The first-order chi connectivity index (χ1) is 11.6. The van der Waals surface area contributed by atoms with Gasteiger partial charge in [-0.2, -0.15) is 5.10 Å². The third-order valence-electron chi connectivity index (χ3n) is 5.26. The van der Waals surface area contributed by atoms with Gasteiger partial charge >= 0.3 is 0 Å². The molecule has 25 heavy (non-hydrogen) atoms. The number of hydrogen-bond donors (Lipinski definition) is 1. The van der Waals surface area contributed by atoms with E-state index in [0.29, 0.717) is 6.42 Å². The van der Waals surface area contributed by atoms with E-state index in [4.69, 9.17) is 9.47 Å². The topological polar surface area (TPSA) is 65.4 Å². The van der Waals surface area contributed by atoms with Crippen molar-refractivity contribution in [2.45, 2.75) is 63.7 Å². The summed E-state index contributed by atoms with van der Waals surface area (Å²) in [6.45, 7) is 5.08. The lowest BCUT2D eigenvalue weighted by Crippen LogP contribution is -2.62. The van der Waals surface area contributed by atoms with E-state index in [1.54, 1.807) is 11.7 Å². The molecule has 3 heterocycles. The number of nitrogens with zero attached hydrogens (tertiary/aromatic N) is 2. The molecule has 1 aromatic heterocycles. The Morgan fingerprint density at radius 3 is 2.60 bits per heavy atom. The molecule has 0 aromatic carbocycles. The molecule has 2 aliphatic heterocycles. The number of hydrogen-bond acceptors (Lipinski definition) is 4. The quantitative estimate of drug-likeness (QED) is 0.902. The molecule has 0 saturated carbocycles. The molecule has 3 rings (SSSR count). The number of ether oxygens (including phenoxy) is 2. The summed E-state index contributed by atoms with van der Waals surface area (Å²) in [7, 11) is 1.74.